The van der Waals surface area contributed by atoms with Crippen molar-refractivity contribution in [2.45, 2.75) is 25.9 Å². The van der Waals surface area contributed by atoms with Crippen molar-refractivity contribution in [1.82, 2.24) is 0 Å². The van der Waals surface area contributed by atoms with Crippen LogP contribution in [0.25, 0.3) is 0 Å². The van der Waals surface area contributed by atoms with E-state index in [-0.39, 0.29) is 5.84 Å². The first-order valence-corrected chi connectivity index (χ1v) is 6.52. The molecule has 104 valence electrons. The van der Waals surface area contributed by atoms with Gasteiger partial charge in [0.2, 0.25) is 0 Å². The Morgan fingerprint density at radius 1 is 1.53 bits per heavy atom. The van der Waals surface area contributed by atoms with Crippen molar-refractivity contribution in [2.24, 2.45) is 10.9 Å². The summed E-state index contributed by atoms with van der Waals surface area (Å²) >= 11 is 0. The second kappa shape index (κ2) is 5.93. The SMILES string of the molecule is COC1CCCN(c2ccc(/C(N)=N/O)c(C)c2)C1. The lowest BCUT2D eigenvalue weighted by molar-refractivity contribution is 0.0893. The molecule has 0 aliphatic carbocycles. The van der Waals surface area contributed by atoms with Crippen LogP contribution >= 0.6 is 0 Å². The fraction of sp³-hybridized carbons (Fsp3) is 0.500. The van der Waals surface area contributed by atoms with Gasteiger partial charge in [0.15, 0.2) is 5.84 Å². The van der Waals surface area contributed by atoms with Gasteiger partial charge in [-0.15, -0.1) is 0 Å². The lowest BCUT2D eigenvalue weighted by Gasteiger charge is -2.34. The van der Waals surface area contributed by atoms with Gasteiger partial charge in [-0.25, -0.2) is 0 Å². The Balaban J connectivity index is 2.20. The molecule has 5 nitrogen and oxygen atoms in total. The molecule has 5 heteroatoms. The summed E-state index contributed by atoms with van der Waals surface area (Å²) in [4.78, 5) is 2.32. The highest BCUT2D eigenvalue weighted by Crippen LogP contribution is 2.23. The molecule has 1 aromatic carbocycles. The van der Waals surface area contributed by atoms with Crippen LogP contribution in [0.3, 0.4) is 0 Å². The Hall–Kier alpha value is -1.75. The molecule has 1 heterocycles. The Morgan fingerprint density at radius 2 is 2.32 bits per heavy atom. The number of benzene rings is 1. The van der Waals surface area contributed by atoms with Gasteiger partial charge >= 0.3 is 0 Å². The predicted octanol–water partition coefficient (Wildman–Crippen LogP) is 1.70. The predicted molar refractivity (Wildman–Crippen MR) is 75.9 cm³/mol. The van der Waals surface area contributed by atoms with Crippen molar-refractivity contribution < 1.29 is 9.94 Å². The molecule has 0 amide bonds. The molecule has 3 N–H and O–H groups in total. The van der Waals surface area contributed by atoms with Crippen LogP contribution in [0.1, 0.15) is 24.0 Å². The Bertz CT molecular complexity index is 474. The molecule has 19 heavy (non-hydrogen) atoms. The number of hydrogen-bond donors (Lipinski definition) is 2. The molecule has 0 spiro atoms. The maximum atomic E-state index is 8.73. The highest BCUT2D eigenvalue weighted by Gasteiger charge is 2.20. The second-order valence-corrected chi connectivity index (χ2v) is 4.93. The zero-order valence-corrected chi connectivity index (χ0v) is 11.5. The van der Waals surface area contributed by atoms with Crippen LogP contribution in [0.5, 0.6) is 0 Å². The van der Waals surface area contributed by atoms with Gasteiger partial charge < -0.3 is 20.6 Å². The van der Waals surface area contributed by atoms with E-state index in [1.54, 1.807) is 7.11 Å². The van der Waals surface area contributed by atoms with Crippen molar-refractivity contribution in [1.29, 1.82) is 0 Å². The molecule has 0 bridgehead atoms. The zero-order valence-electron chi connectivity index (χ0n) is 11.5. The average molecular weight is 263 g/mol. The molecule has 2 rings (SSSR count). The van der Waals surface area contributed by atoms with Gasteiger partial charge in [0, 0.05) is 31.5 Å². The summed E-state index contributed by atoms with van der Waals surface area (Å²) in [5, 5.41) is 11.8. The molecule has 1 aliphatic heterocycles. The summed E-state index contributed by atoms with van der Waals surface area (Å²) in [5.74, 6) is 0.150. The maximum Gasteiger partial charge on any atom is 0.170 e. The summed E-state index contributed by atoms with van der Waals surface area (Å²) in [7, 11) is 1.76. The number of rotatable bonds is 3. The number of piperidine rings is 1. The minimum atomic E-state index is 0.150. The molecule has 0 aromatic heterocycles. The van der Waals surface area contributed by atoms with E-state index in [0.29, 0.717) is 6.10 Å². The largest absolute Gasteiger partial charge is 0.409 e. The van der Waals surface area contributed by atoms with Gasteiger partial charge in [0.25, 0.3) is 0 Å². The van der Waals surface area contributed by atoms with Crippen LogP contribution in [-0.4, -0.2) is 37.3 Å². The molecular formula is C14H21N3O2. The van der Waals surface area contributed by atoms with E-state index in [1.165, 1.54) is 0 Å². The van der Waals surface area contributed by atoms with E-state index >= 15 is 0 Å². The van der Waals surface area contributed by atoms with Crippen LogP contribution in [0.2, 0.25) is 0 Å². The van der Waals surface area contributed by atoms with Crippen LogP contribution in [-0.2, 0) is 4.74 Å². The van der Waals surface area contributed by atoms with Gasteiger partial charge in [-0.1, -0.05) is 5.16 Å². The molecule has 0 saturated carbocycles. The number of hydrogen-bond acceptors (Lipinski definition) is 4. The number of aryl methyl sites for hydroxylation is 1. The molecule has 1 atom stereocenters. The van der Waals surface area contributed by atoms with Crippen molar-refractivity contribution >= 4 is 11.5 Å². The molecule has 1 saturated heterocycles. The number of amidine groups is 1. The highest BCUT2D eigenvalue weighted by atomic mass is 16.5. The Labute approximate surface area is 113 Å². The van der Waals surface area contributed by atoms with E-state index in [4.69, 9.17) is 15.7 Å². The van der Waals surface area contributed by atoms with Crippen molar-refractivity contribution in [2.75, 3.05) is 25.1 Å². The first-order chi connectivity index (χ1) is 9.15. The number of anilines is 1. The summed E-state index contributed by atoms with van der Waals surface area (Å²) in [6.45, 7) is 3.93. The maximum absolute atomic E-state index is 8.73. The van der Waals surface area contributed by atoms with Crippen molar-refractivity contribution in [3.63, 3.8) is 0 Å². The lowest BCUT2D eigenvalue weighted by atomic mass is 10.0. The van der Waals surface area contributed by atoms with E-state index < -0.39 is 0 Å². The summed E-state index contributed by atoms with van der Waals surface area (Å²) in [5.41, 5.74) is 8.57. The normalized spacial score (nSPS) is 20.6. The molecular weight excluding hydrogens is 242 g/mol. The van der Waals surface area contributed by atoms with E-state index in [9.17, 15) is 0 Å². The van der Waals surface area contributed by atoms with E-state index in [0.717, 1.165) is 42.7 Å². The fourth-order valence-electron chi connectivity index (χ4n) is 2.55. The van der Waals surface area contributed by atoms with Crippen LogP contribution < -0.4 is 10.6 Å². The molecule has 1 aliphatic rings. The first kappa shape index (κ1) is 13.7. The summed E-state index contributed by atoms with van der Waals surface area (Å²) in [6.07, 6.45) is 2.56. The standard InChI is InChI=1S/C14H21N3O2/c1-10-8-11(5-6-13(10)14(15)16-18)17-7-3-4-12(9-17)19-2/h5-6,8,12,18H,3-4,7,9H2,1-2H3,(H2,15,16). The van der Waals surface area contributed by atoms with Crippen molar-refractivity contribution in [3.8, 4) is 0 Å². The highest BCUT2D eigenvalue weighted by molar-refractivity contribution is 5.98. The zero-order chi connectivity index (χ0) is 13.8. The van der Waals surface area contributed by atoms with Crippen LogP contribution in [0, 0.1) is 6.92 Å². The third-order valence-corrected chi connectivity index (χ3v) is 3.67. The Morgan fingerprint density at radius 3 is 2.95 bits per heavy atom. The number of oxime groups is 1. The number of ether oxygens (including phenoxy) is 1. The summed E-state index contributed by atoms with van der Waals surface area (Å²) < 4.78 is 5.44. The van der Waals surface area contributed by atoms with E-state index in [1.807, 2.05) is 19.1 Å². The van der Waals surface area contributed by atoms with Gasteiger partial charge in [0.1, 0.15) is 0 Å². The number of nitrogens with zero attached hydrogens (tertiary/aromatic N) is 2. The van der Waals surface area contributed by atoms with E-state index in [2.05, 4.69) is 16.1 Å². The van der Waals surface area contributed by atoms with Crippen LogP contribution in [0.4, 0.5) is 5.69 Å². The first-order valence-electron chi connectivity index (χ1n) is 6.52. The molecule has 1 unspecified atom stereocenters. The Kier molecular flexibility index (Phi) is 4.27. The van der Waals surface area contributed by atoms with Gasteiger partial charge in [0.05, 0.1) is 6.10 Å². The average Bonchev–Trinajstić information content (AvgIpc) is 2.46. The monoisotopic (exact) mass is 263 g/mol. The minimum Gasteiger partial charge on any atom is -0.409 e. The fourth-order valence-corrected chi connectivity index (χ4v) is 2.55. The molecule has 1 fully saturated rings. The summed E-state index contributed by atoms with van der Waals surface area (Å²) in [6, 6.07) is 5.99. The third-order valence-electron chi connectivity index (χ3n) is 3.67. The van der Waals surface area contributed by atoms with Gasteiger partial charge in [-0.2, -0.15) is 0 Å². The minimum absolute atomic E-state index is 0.150. The number of nitrogens with two attached hydrogens (primary N) is 1. The van der Waals surface area contributed by atoms with Crippen molar-refractivity contribution in [3.05, 3.63) is 29.3 Å². The lowest BCUT2D eigenvalue weighted by Crippen LogP contribution is -2.39. The van der Waals surface area contributed by atoms with Gasteiger partial charge in [-0.3, -0.25) is 0 Å². The quantitative estimate of drug-likeness (QED) is 0.377. The van der Waals surface area contributed by atoms with Crippen LogP contribution in [0.15, 0.2) is 23.4 Å². The van der Waals surface area contributed by atoms with Gasteiger partial charge in [-0.05, 0) is 43.5 Å². The number of methoxy groups -OCH3 is 1. The third kappa shape index (κ3) is 2.98. The smallest absolute Gasteiger partial charge is 0.170 e. The molecule has 1 aromatic rings. The topological polar surface area (TPSA) is 71.1 Å². The molecule has 0 radical (unpaired) electrons. The second-order valence-electron chi connectivity index (χ2n) is 4.93.